The van der Waals surface area contributed by atoms with E-state index in [4.69, 9.17) is 4.74 Å². The highest BCUT2D eigenvalue weighted by molar-refractivity contribution is 7.09. The van der Waals surface area contributed by atoms with Gasteiger partial charge in [-0.15, -0.1) is 11.3 Å². The van der Waals surface area contributed by atoms with Gasteiger partial charge in [-0.05, 0) is 24.6 Å². The van der Waals surface area contributed by atoms with Crippen LogP contribution in [-0.4, -0.2) is 18.6 Å². The summed E-state index contributed by atoms with van der Waals surface area (Å²) in [5.41, 5.74) is 1.01. The van der Waals surface area contributed by atoms with Crippen LogP contribution in [0.3, 0.4) is 0 Å². The highest BCUT2D eigenvalue weighted by Crippen LogP contribution is 2.23. The smallest absolute Gasteiger partial charge is 0.165 e. The zero-order valence-electron chi connectivity index (χ0n) is 11.9. The van der Waals surface area contributed by atoms with Gasteiger partial charge in [-0.25, -0.2) is 9.37 Å². The van der Waals surface area contributed by atoms with Gasteiger partial charge in [0, 0.05) is 30.1 Å². The fourth-order valence-electron chi connectivity index (χ4n) is 1.98. The molecule has 2 unspecified atom stereocenters. The number of thiazole rings is 1. The van der Waals surface area contributed by atoms with Crippen LogP contribution >= 0.6 is 11.3 Å². The van der Waals surface area contributed by atoms with Gasteiger partial charge in [0.25, 0.3) is 0 Å². The lowest BCUT2D eigenvalue weighted by atomic mass is 10.1. The first-order valence-electron chi connectivity index (χ1n) is 6.58. The average molecular weight is 294 g/mol. The second kappa shape index (κ2) is 6.81. The van der Waals surface area contributed by atoms with Crippen LogP contribution in [0.2, 0.25) is 0 Å². The standard InChI is InChI=1S/C15H19FN2OS/c1-10(15-17-6-7-20-15)9-18-11(2)12-4-5-13(16)14(8-12)19-3/h4-8,10-11,18H,9H2,1-3H3. The number of hydrogen-bond acceptors (Lipinski definition) is 4. The van der Waals surface area contributed by atoms with Gasteiger partial charge in [-0.2, -0.15) is 0 Å². The summed E-state index contributed by atoms with van der Waals surface area (Å²) in [6, 6.07) is 5.09. The van der Waals surface area contributed by atoms with Crippen molar-refractivity contribution in [1.29, 1.82) is 0 Å². The Hall–Kier alpha value is -1.46. The lowest BCUT2D eigenvalue weighted by molar-refractivity contribution is 0.385. The molecule has 0 bridgehead atoms. The Kier molecular flexibility index (Phi) is 5.09. The molecule has 1 aromatic carbocycles. The number of ether oxygens (including phenoxy) is 1. The molecule has 2 rings (SSSR count). The molecular weight excluding hydrogens is 275 g/mol. The summed E-state index contributed by atoms with van der Waals surface area (Å²) in [4.78, 5) is 4.31. The first kappa shape index (κ1) is 14.9. The molecule has 0 saturated carbocycles. The molecule has 2 aromatic rings. The third kappa shape index (κ3) is 3.55. The Morgan fingerprint density at radius 2 is 2.20 bits per heavy atom. The van der Waals surface area contributed by atoms with Gasteiger partial charge < -0.3 is 10.1 Å². The largest absolute Gasteiger partial charge is 0.494 e. The van der Waals surface area contributed by atoms with Gasteiger partial charge in [-0.1, -0.05) is 13.0 Å². The van der Waals surface area contributed by atoms with Crippen molar-refractivity contribution in [2.45, 2.75) is 25.8 Å². The zero-order chi connectivity index (χ0) is 14.5. The third-order valence-electron chi connectivity index (χ3n) is 3.28. The first-order valence-corrected chi connectivity index (χ1v) is 7.46. The minimum atomic E-state index is -0.334. The van der Waals surface area contributed by atoms with Crippen molar-refractivity contribution < 1.29 is 9.13 Å². The molecule has 0 fully saturated rings. The Balaban J connectivity index is 1.96. The normalized spacial score (nSPS) is 14.0. The van der Waals surface area contributed by atoms with E-state index < -0.39 is 0 Å². The Morgan fingerprint density at radius 3 is 2.85 bits per heavy atom. The van der Waals surface area contributed by atoms with Crippen molar-refractivity contribution in [2.24, 2.45) is 0 Å². The predicted octanol–water partition coefficient (Wildman–Crippen LogP) is 3.75. The lowest BCUT2D eigenvalue weighted by Crippen LogP contribution is -2.23. The van der Waals surface area contributed by atoms with Crippen LogP contribution in [-0.2, 0) is 0 Å². The van der Waals surface area contributed by atoms with E-state index in [1.54, 1.807) is 23.5 Å². The molecule has 0 aliphatic heterocycles. The molecule has 1 N–H and O–H groups in total. The lowest BCUT2D eigenvalue weighted by Gasteiger charge is -2.17. The van der Waals surface area contributed by atoms with Gasteiger partial charge in [-0.3, -0.25) is 0 Å². The number of hydrogen-bond donors (Lipinski definition) is 1. The van der Waals surface area contributed by atoms with E-state index in [1.807, 2.05) is 11.6 Å². The second-order valence-corrected chi connectivity index (χ2v) is 5.72. The van der Waals surface area contributed by atoms with Crippen molar-refractivity contribution >= 4 is 11.3 Å². The van der Waals surface area contributed by atoms with Gasteiger partial charge in [0.2, 0.25) is 0 Å². The summed E-state index contributed by atoms with van der Waals surface area (Å²) in [6.45, 7) is 5.03. The molecule has 0 aliphatic rings. The van der Waals surface area contributed by atoms with Crippen molar-refractivity contribution in [3.05, 3.63) is 46.2 Å². The topological polar surface area (TPSA) is 34.1 Å². The summed E-state index contributed by atoms with van der Waals surface area (Å²) < 4.78 is 18.4. The number of methoxy groups -OCH3 is 1. The minimum Gasteiger partial charge on any atom is -0.494 e. The van der Waals surface area contributed by atoms with Crippen molar-refractivity contribution in [3.8, 4) is 5.75 Å². The van der Waals surface area contributed by atoms with Crippen LogP contribution < -0.4 is 10.1 Å². The molecule has 1 aromatic heterocycles. The van der Waals surface area contributed by atoms with Gasteiger partial charge >= 0.3 is 0 Å². The maximum Gasteiger partial charge on any atom is 0.165 e. The molecule has 5 heteroatoms. The summed E-state index contributed by atoms with van der Waals surface area (Å²) in [5, 5.41) is 6.56. The molecule has 108 valence electrons. The quantitative estimate of drug-likeness (QED) is 0.881. The van der Waals surface area contributed by atoms with E-state index in [2.05, 4.69) is 24.1 Å². The number of halogens is 1. The summed E-state index contributed by atoms with van der Waals surface area (Å²) >= 11 is 1.67. The monoisotopic (exact) mass is 294 g/mol. The fraction of sp³-hybridized carbons (Fsp3) is 0.400. The predicted molar refractivity (Wildman–Crippen MR) is 79.9 cm³/mol. The molecule has 3 nitrogen and oxygen atoms in total. The first-order chi connectivity index (χ1) is 9.61. The average Bonchev–Trinajstić information content (AvgIpc) is 2.99. The van der Waals surface area contributed by atoms with Gasteiger partial charge in [0.1, 0.15) is 0 Å². The maximum atomic E-state index is 13.4. The number of aromatic nitrogens is 1. The van der Waals surface area contributed by atoms with E-state index in [1.165, 1.54) is 13.2 Å². The maximum absolute atomic E-state index is 13.4. The van der Waals surface area contributed by atoms with E-state index in [-0.39, 0.29) is 17.6 Å². The molecule has 0 spiro atoms. The highest BCUT2D eigenvalue weighted by Gasteiger charge is 2.12. The second-order valence-electron chi connectivity index (χ2n) is 4.80. The molecule has 0 aliphatic carbocycles. The molecule has 20 heavy (non-hydrogen) atoms. The molecule has 2 atom stereocenters. The SMILES string of the molecule is COc1cc(C(C)NCC(C)c2nccs2)ccc1F. The van der Waals surface area contributed by atoms with Crippen molar-refractivity contribution in [3.63, 3.8) is 0 Å². The van der Waals surface area contributed by atoms with E-state index >= 15 is 0 Å². The van der Waals surface area contributed by atoms with Crippen molar-refractivity contribution in [2.75, 3.05) is 13.7 Å². The molecule has 1 heterocycles. The Labute approximate surface area is 122 Å². The van der Waals surface area contributed by atoms with Crippen LogP contribution in [0, 0.1) is 5.82 Å². The molecule has 0 saturated heterocycles. The van der Waals surface area contributed by atoms with Crippen LogP contribution in [0.1, 0.15) is 36.4 Å². The summed E-state index contributed by atoms with van der Waals surface area (Å²) in [7, 11) is 1.48. The van der Waals surface area contributed by atoms with Gasteiger partial charge in [0.05, 0.1) is 12.1 Å². The van der Waals surface area contributed by atoms with E-state index in [9.17, 15) is 4.39 Å². The Morgan fingerprint density at radius 1 is 1.40 bits per heavy atom. The molecule has 0 radical (unpaired) electrons. The molecule has 0 amide bonds. The number of benzene rings is 1. The fourth-order valence-corrected chi connectivity index (χ4v) is 2.68. The summed E-state index contributed by atoms with van der Waals surface area (Å²) in [5.74, 6) is 0.309. The van der Waals surface area contributed by atoms with Crippen LogP contribution in [0.4, 0.5) is 4.39 Å². The minimum absolute atomic E-state index is 0.131. The Bertz CT molecular complexity index is 545. The number of nitrogens with one attached hydrogen (secondary N) is 1. The molecular formula is C15H19FN2OS. The van der Waals surface area contributed by atoms with Crippen molar-refractivity contribution in [1.82, 2.24) is 10.3 Å². The summed E-state index contributed by atoms with van der Waals surface area (Å²) in [6.07, 6.45) is 1.82. The van der Waals surface area contributed by atoms with Crippen LogP contribution in [0.5, 0.6) is 5.75 Å². The van der Waals surface area contributed by atoms with Gasteiger partial charge in [0.15, 0.2) is 11.6 Å². The zero-order valence-corrected chi connectivity index (χ0v) is 12.7. The number of nitrogens with zero attached hydrogens (tertiary/aromatic N) is 1. The third-order valence-corrected chi connectivity index (χ3v) is 4.29. The van der Waals surface area contributed by atoms with Crippen LogP contribution in [0.25, 0.3) is 0 Å². The van der Waals surface area contributed by atoms with E-state index in [0.717, 1.165) is 17.1 Å². The highest BCUT2D eigenvalue weighted by atomic mass is 32.1. The van der Waals surface area contributed by atoms with Crippen LogP contribution in [0.15, 0.2) is 29.8 Å². The number of rotatable bonds is 6. The van der Waals surface area contributed by atoms with E-state index in [0.29, 0.717) is 5.92 Å².